The van der Waals surface area contributed by atoms with Crippen molar-refractivity contribution < 1.29 is 4.42 Å². The molecule has 6 rings (SSSR count). The Labute approximate surface area is 185 Å². The van der Waals surface area contributed by atoms with Gasteiger partial charge < -0.3 is 4.42 Å². The fraction of sp³-hybridized carbons (Fsp3) is 0.0357. The van der Waals surface area contributed by atoms with Gasteiger partial charge in [-0.05, 0) is 36.2 Å². The standard InChI is InChI=1S/C28H19N3O/c1-18-29-27(20-11-6-3-7-12-20)31-28(30-18)21-15-16-23-25(17-21)32-24-14-8-13-22(26(23)24)19-9-4-2-5-10-19/h2-17H,1H3. The topological polar surface area (TPSA) is 51.8 Å². The van der Waals surface area contributed by atoms with Crippen molar-refractivity contribution in [3.63, 3.8) is 0 Å². The maximum atomic E-state index is 6.25. The van der Waals surface area contributed by atoms with Crippen LogP contribution in [0.25, 0.3) is 55.8 Å². The van der Waals surface area contributed by atoms with Crippen LogP contribution in [-0.4, -0.2) is 15.0 Å². The largest absolute Gasteiger partial charge is 0.456 e. The Morgan fingerprint density at radius 1 is 0.562 bits per heavy atom. The number of furan rings is 1. The van der Waals surface area contributed by atoms with E-state index in [0.717, 1.165) is 38.6 Å². The summed E-state index contributed by atoms with van der Waals surface area (Å²) in [7, 11) is 0. The minimum Gasteiger partial charge on any atom is -0.456 e. The molecule has 0 aliphatic rings. The molecule has 4 nitrogen and oxygen atoms in total. The highest BCUT2D eigenvalue weighted by atomic mass is 16.3. The Morgan fingerprint density at radius 3 is 2.00 bits per heavy atom. The number of hydrogen-bond acceptors (Lipinski definition) is 4. The lowest BCUT2D eigenvalue weighted by molar-refractivity contribution is 0.669. The van der Waals surface area contributed by atoms with E-state index < -0.39 is 0 Å². The van der Waals surface area contributed by atoms with Crippen LogP contribution in [0, 0.1) is 6.92 Å². The summed E-state index contributed by atoms with van der Waals surface area (Å²) in [5.74, 6) is 2.00. The van der Waals surface area contributed by atoms with Crippen LogP contribution in [0.4, 0.5) is 0 Å². The Hall–Kier alpha value is -4.31. The van der Waals surface area contributed by atoms with E-state index in [0.29, 0.717) is 17.5 Å². The first-order valence-electron chi connectivity index (χ1n) is 10.6. The molecule has 0 spiro atoms. The molecule has 0 saturated heterocycles. The smallest absolute Gasteiger partial charge is 0.163 e. The van der Waals surface area contributed by atoms with E-state index in [4.69, 9.17) is 9.40 Å². The summed E-state index contributed by atoms with van der Waals surface area (Å²) in [6.07, 6.45) is 0. The number of nitrogens with zero attached hydrogens (tertiary/aromatic N) is 3. The van der Waals surface area contributed by atoms with Gasteiger partial charge in [0.1, 0.15) is 17.0 Å². The minimum absolute atomic E-state index is 0.641. The van der Waals surface area contributed by atoms with Crippen LogP contribution >= 0.6 is 0 Å². The molecular weight excluding hydrogens is 394 g/mol. The lowest BCUT2D eigenvalue weighted by Crippen LogP contribution is -1.99. The van der Waals surface area contributed by atoms with Gasteiger partial charge in [0.15, 0.2) is 11.6 Å². The summed E-state index contributed by atoms with van der Waals surface area (Å²) in [4.78, 5) is 13.9. The maximum absolute atomic E-state index is 6.25. The van der Waals surface area contributed by atoms with E-state index in [9.17, 15) is 0 Å². The Bertz CT molecular complexity index is 1570. The number of rotatable bonds is 3. The van der Waals surface area contributed by atoms with Crippen LogP contribution in [0.5, 0.6) is 0 Å². The molecule has 2 heterocycles. The number of aromatic nitrogens is 3. The Kier molecular flexibility index (Phi) is 4.29. The first-order chi connectivity index (χ1) is 15.8. The van der Waals surface area contributed by atoms with E-state index in [1.807, 2.05) is 61.5 Å². The van der Waals surface area contributed by atoms with Crippen LogP contribution < -0.4 is 0 Å². The highest BCUT2D eigenvalue weighted by Crippen LogP contribution is 2.37. The van der Waals surface area contributed by atoms with Crippen molar-refractivity contribution in [3.05, 3.63) is 103 Å². The molecule has 6 aromatic rings. The molecule has 152 valence electrons. The van der Waals surface area contributed by atoms with E-state index in [2.05, 4.69) is 52.4 Å². The summed E-state index contributed by atoms with van der Waals surface area (Å²) in [6, 6.07) is 32.7. The number of fused-ring (bicyclic) bond motifs is 3. The molecule has 4 aromatic carbocycles. The van der Waals surface area contributed by atoms with Crippen LogP contribution in [0.15, 0.2) is 101 Å². The van der Waals surface area contributed by atoms with Crippen molar-refractivity contribution in [3.8, 4) is 33.9 Å². The molecule has 2 aromatic heterocycles. The molecule has 0 N–H and O–H groups in total. The zero-order valence-electron chi connectivity index (χ0n) is 17.5. The average molecular weight is 413 g/mol. The highest BCUT2D eigenvalue weighted by Gasteiger charge is 2.15. The third-order valence-electron chi connectivity index (χ3n) is 5.62. The van der Waals surface area contributed by atoms with Gasteiger partial charge in [-0.3, -0.25) is 0 Å². The Morgan fingerprint density at radius 2 is 1.25 bits per heavy atom. The highest BCUT2D eigenvalue weighted by molar-refractivity contribution is 6.12. The summed E-state index contributed by atoms with van der Waals surface area (Å²) < 4.78 is 6.25. The lowest BCUT2D eigenvalue weighted by Gasteiger charge is -2.06. The van der Waals surface area contributed by atoms with Crippen LogP contribution in [0.1, 0.15) is 5.82 Å². The summed E-state index contributed by atoms with van der Waals surface area (Å²) in [6.45, 7) is 1.89. The van der Waals surface area contributed by atoms with E-state index in [1.165, 1.54) is 5.56 Å². The van der Waals surface area contributed by atoms with Gasteiger partial charge in [-0.15, -0.1) is 0 Å². The van der Waals surface area contributed by atoms with Gasteiger partial charge in [-0.2, -0.15) is 0 Å². The normalized spacial score (nSPS) is 11.3. The summed E-state index contributed by atoms with van der Waals surface area (Å²) in [5, 5.41) is 2.20. The van der Waals surface area contributed by atoms with Gasteiger partial charge in [0.05, 0.1) is 0 Å². The van der Waals surface area contributed by atoms with Gasteiger partial charge in [0, 0.05) is 21.9 Å². The molecule has 32 heavy (non-hydrogen) atoms. The van der Waals surface area contributed by atoms with Crippen molar-refractivity contribution in [2.24, 2.45) is 0 Å². The number of aryl methyl sites for hydroxylation is 1. The number of benzene rings is 4. The number of hydrogen-bond donors (Lipinski definition) is 0. The van der Waals surface area contributed by atoms with Gasteiger partial charge >= 0.3 is 0 Å². The average Bonchev–Trinajstić information content (AvgIpc) is 3.23. The van der Waals surface area contributed by atoms with E-state index >= 15 is 0 Å². The predicted molar refractivity (Wildman–Crippen MR) is 128 cm³/mol. The first kappa shape index (κ1) is 18.5. The van der Waals surface area contributed by atoms with E-state index in [-0.39, 0.29) is 0 Å². The molecule has 0 bridgehead atoms. The second-order valence-corrected chi connectivity index (χ2v) is 7.75. The zero-order valence-corrected chi connectivity index (χ0v) is 17.5. The molecule has 0 amide bonds. The molecule has 0 atom stereocenters. The van der Waals surface area contributed by atoms with Crippen molar-refractivity contribution in [2.45, 2.75) is 6.92 Å². The molecule has 0 saturated carbocycles. The zero-order chi connectivity index (χ0) is 21.5. The molecular formula is C28H19N3O. The van der Waals surface area contributed by atoms with Crippen LogP contribution in [0.3, 0.4) is 0 Å². The first-order valence-corrected chi connectivity index (χ1v) is 10.6. The van der Waals surface area contributed by atoms with Crippen molar-refractivity contribution >= 4 is 21.9 Å². The van der Waals surface area contributed by atoms with Gasteiger partial charge in [0.25, 0.3) is 0 Å². The fourth-order valence-corrected chi connectivity index (χ4v) is 4.15. The van der Waals surface area contributed by atoms with Crippen LogP contribution in [-0.2, 0) is 0 Å². The summed E-state index contributed by atoms with van der Waals surface area (Å²) in [5.41, 5.74) is 5.90. The van der Waals surface area contributed by atoms with Crippen molar-refractivity contribution in [1.29, 1.82) is 0 Å². The third kappa shape index (κ3) is 3.13. The maximum Gasteiger partial charge on any atom is 0.163 e. The lowest BCUT2D eigenvalue weighted by atomic mass is 9.99. The molecule has 0 radical (unpaired) electrons. The third-order valence-corrected chi connectivity index (χ3v) is 5.62. The molecule has 0 fully saturated rings. The molecule has 0 unspecified atom stereocenters. The monoisotopic (exact) mass is 413 g/mol. The van der Waals surface area contributed by atoms with Crippen molar-refractivity contribution in [2.75, 3.05) is 0 Å². The van der Waals surface area contributed by atoms with E-state index in [1.54, 1.807) is 0 Å². The van der Waals surface area contributed by atoms with Gasteiger partial charge in [-0.25, -0.2) is 15.0 Å². The minimum atomic E-state index is 0.641. The Balaban J connectivity index is 1.52. The second kappa shape index (κ2) is 7.43. The second-order valence-electron chi connectivity index (χ2n) is 7.75. The van der Waals surface area contributed by atoms with Crippen molar-refractivity contribution in [1.82, 2.24) is 15.0 Å². The fourth-order valence-electron chi connectivity index (χ4n) is 4.15. The molecule has 4 heteroatoms. The van der Waals surface area contributed by atoms with Gasteiger partial charge in [0.2, 0.25) is 0 Å². The molecule has 0 aliphatic carbocycles. The van der Waals surface area contributed by atoms with Crippen LogP contribution in [0.2, 0.25) is 0 Å². The SMILES string of the molecule is Cc1nc(-c2ccccc2)nc(-c2ccc3c(c2)oc2cccc(-c4ccccc4)c23)n1. The van der Waals surface area contributed by atoms with Gasteiger partial charge in [-0.1, -0.05) is 78.9 Å². The molecule has 0 aliphatic heterocycles. The summed E-state index contributed by atoms with van der Waals surface area (Å²) >= 11 is 0. The predicted octanol–water partition coefficient (Wildman–Crippen LogP) is 7.08. The quantitative estimate of drug-likeness (QED) is 0.311.